The highest BCUT2D eigenvalue weighted by atomic mass is 32.2. The fraction of sp³-hybridized carbons (Fsp3) is 0.444. The van der Waals surface area contributed by atoms with Gasteiger partial charge in [0.25, 0.3) is 0 Å². The number of amides is 2. The third kappa shape index (κ3) is 6.57. The molecule has 2 amide bonds. The van der Waals surface area contributed by atoms with Crippen molar-refractivity contribution in [3.8, 4) is 11.1 Å². The molecule has 0 bridgehead atoms. The quantitative estimate of drug-likeness (QED) is 0.491. The van der Waals surface area contributed by atoms with Gasteiger partial charge >= 0.3 is 12.1 Å². The van der Waals surface area contributed by atoms with Crippen molar-refractivity contribution in [2.24, 2.45) is 0 Å². The number of benzene rings is 2. The number of hydrogen-bond donors (Lipinski definition) is 2. The highest BCUT2D eigenvalue weighted by Crippen LogP contribution is 2.44. The van der Waals surface area contributed by atoms with Gasteiger partial charge in [-0.25, -0.2) is 4.79 Å². The Hall–Kier alpha value is -3.00. The first-order valence-corrected chi connectivity index (χ1v) is 13.2. The monoisotopic (exact) mass is 498 g/mol. The third-order valence-corrected chi connectivity index (χ3v) is 6.81. The van der Waals surface area contributed by atoms with E-state index < -0.39 is 23.6 Å². The maximum atomic E-state index is 13.4. The highest BCUT2D eigenvalue weighted by molar-refractivity contribution is 7.98. The average molecular weight is 499 g/mol. The zero-order chi connectivity index (χ0) is 25.6. The summed E-state index contributed by atoms with van der Waals surface area (Å²) in [6.07, 6.45) is 1.53. The second-order valence-electron chi connectivity index (χ2n) is 9.61. The minimum Gasteiger partial charge on any atom is -0.481 e. The Balaban J connectivity index is 1.71. The number of nitrogens with zero attached hydrogens (tertiary/aromatic N) is 1. The largest absolute Gasteiger partial charge is 0.481 e. The van der Waals surface area contributed by atoms with Crippen LogP contribution in [0.4, 0.5) is 4.79 Å². The molecule has 188 valence electrons. The Bertz CT molecular complexity index is 1020. The number of fused-ring (bicyclic) bond motifs is 3. The van der Waals surface area contributed by atoms with E-state index in [-0.39, 0.29) is 31.4 Å². The van der Waals surface area contributed by atoms with E-state index in [1.54, 1.807) is 11.8 Å². The normalized spacial score (nSPS) is 13.5. The van der Waals surface area contributed by atoms with E-state index in [1.807, 2.05) is 51.3 Å². The summed E-state index contributed by atoms with van der Waals surface area (Å²) in [7, 11) is 0. The number of thioether (sulfide) groups is 1. The van der Waals surface area contributed by atoms with E-state index in [4.69, 9.17) is 9.84 Å². The lowest BCUT2D eigenvalue weighted by Gasteiger charge is -2.38. The van der Waals surface area contributed by atoms with Gasteiger partial charge in [0.15, 0.2) is 0 Å². The highest BCUT2D eigenvalue weighted by Gasteiger charge is 2.34. The summed E-state index contributed by atoms with van der Waals surface area (Å²) < 4.78 is 5.64. The van der Waals surface area contributed by atoms with Crippen LogP contribution < -0.4 is 5.32 Å². The maximum absolute atomic E-state index is 13.4. The molecule has 0 aromatic heterocycles. The van der Waals surface area contributed by atoms with Crippen LogP contribution in [0.1, 0.15) is 50.7 Å². The maximum Gasteiger partial charge on any atom is 0.407 e. The van der Waals surface area contributed by atoms with Gasteiger partial charge in [0.2, 0.25) is 5.91 Å². The molecule has 1 atom stereocenters. The van der Waals surface area contributed by atoms with Crippen molar-refractivity contribution in [1.82, 2.24) is 10.2 Å². The number of ether oxygens (including phenoxy) is 1. The van der Waals surface area contributed by atoms with E-state index in [9.17, 15) is 14.4 Å². The summed E-state index contributed by atoms with van der Waals surface area (Å²) in [5.74, 6) is -0.689. The Labute approximate surface area is 211 Å². The fourth-order valence-electron chi connectivity index (χ4n) is 4.45. The second-order valence-corrected chi connectivity index (χ2v) is 10.6. The van der Waals surface area contributed by atoms with Gasteiger partial charge < -0.3 is 20.1 Å². The van der Waals surface area contributed by atoms with Crippen LogP contribution in [0.15, 0.2) is 48.5 Å². The van der Waals surface area contributed by atoms with Crippen LogP contribution >= 0.6 is 11.8 Å². The van der Waals surface area contributed by atoms with Crippen molar-refractivity contribution in [2.45, 2.75) is 51.1 Å². The molecule has 7 nitrogen and oxygen atoms in total. The number of carboxylic acid groups (broad SMARTS) is 1. The molecule has 1 unspecified atom stereocenters. The van der Waals surface area contributed by atoms with Crippen LogP contribution in [0.3, 0.4) is 0 Å². The van der Waals surface area contributed by atoms with Gasteiger partial charge in [-0.1, -0.05) is 48.5 Å². The molecule has 1 aliphatic rings. The number of carbonyl (C=O) groups excluding carboxylic acids is 2. The Morgan fingerprint density at radius 3 is 2.14 bits per heavy atom. The van der Waals surface area contributed by atoms with Crippen LogP contribution in [-0.4, -0.2) is 64.7 Å². The number of carboxylic acids is 1. The number of hydrogen-bond acceptors (Lipinski definition) is 5. The lowest BCUT2D eigenvalue weighted by molar-refractivity contribution is -0.141. The van der Waals surface area contributed by atoms with Crippen molar-refractivity contribution in [3.05, 3.63) is 59.7 Å². The minimum absolute atomic E-state index is 0.0693. The van der Waals surface area contributed by atoms with Crippen molar-refractivity contribution in [2.75, 3.05) is 25.2 Å². The predicted octanol–water partition coefficient (Wildman–Crippen LogP) is 4.75. The summed E-state index contributed by atoms with van der Waals surface area (Å²) in [6, 6.07) is 15.4. The molecule has 2 aromatic carbocycles. The number of aliphatic carboxylic acids is 1. The zero-order valence-electron chi connectivity index (χ0n) is 20.7. The minimum atomic E-state index is -0.975. The van der Waals surface area contributed by atoms with E-state index in [2.05, 4.69) is 29.6 Å². The van der Waals surface area contributed by atoms with E-state index in [1.165, 1.54) is 4.90 Å². The average Bonchev–Trinajstić information content (AvgIpc) is 3.13. The topological polar surface area (TPSA) is 95.9 Å². The number of rotatable bonds is 10. The number of nitrogens with one attached hydrogen (secondary N) is 1. The van der Waals surface area contributed by atoms with Gasteiger partial charge in [-0.15, -0.1) is 0 Å². The SMILES string of the molecule is CSCCC(NC(=O)OCC1c2ccccc2-c2ccccc21)C(=O)N(CCC(=O)O)C(C)(C)C. The summed E-state index contributed by atoms with van der Waals surface area (Å²) in [4.78, 5) is 38.9. The molecule has 0 fully saturated rings. The molecule has 1 aliphatic carbocycles. The molecule has 0 saturated heterocycles. The zero-order valence-corrected chi connectivity index (χ0v) is 21.6. The number of carbonyl (C=O) groups is 3. The summed E-state index contributed by atoms with van der Waals surface area (Å²) in [5.41, 5.74) is 3.93. The van der Waals surface area contributed by atoms with Gasteiger partial charge in [-0.2, -0.15) is 11.8 Å². The van der Waals surface area contributed by atoms with Crippen molar-refractivity contribution in [1.29, 1.82) is 0 Å². The predicted molar refractivity (Wildman–Crippen MR) is 139 cm³/mol. The molecule has 0 heterocycles. The Morgan fingerprint density at radius 2 is 1.63 bits per heavy atom. The van der Waals surface area contributed by atoms with E-state index in [0.717, 1.165) is 22.3 Å². The molecule has 2 N–H and O–H groups in total. The smallest absolute Gasteiger partial charge is 0.407 e. The summed E-state index contributed by atoms with van der Waals surface area (Å²) >= 11 is 1.57. The van der Waals surface area contributed by atoms with Gasteiger partial charge in [-0.05, 0) is 61.5 Å². The molecule has 0 saturated carbocycles. The molecule has 2 aromatic rings. The van der Waals surface area contributed by atoms with Crippen molar-refractivity contribution in [3.63, 3.8) is 0 Å². The lowest BCUT2D eigenvalue weighted by atomic mass is 9.98. The summed E-state index contributed by atoms with van der Waals surface area (Å²) in [5, 5.41) is 11.9. The van der Waals surface area contributed by atoms with Crippen LogP contribution in [0.25, 0.3) is 11.1 Å². The van der Waals surface area contributed by atoms with Crippen molar-refractivity contribution >= 4 is 29.7 Å². The Morgan fingerprint density at radius 1 is 1.06 bits per heavy atom. The molecule has 0 aliphatic heterocycles. The number of alkyl carbamates (subject to hydrolysis) is 1. The Kier molecular flexibility index (Phi) is 8.83. The van der Waals surface area contributed by atoms with Gasteiger partial charge in [-0.3, -0.25) is 9.59 Å². The fourth-order valence-corrected chi connectivity index (χ4v) is 4.92. The van der Waals surface area contributed by atoms with Crippen molar-refractivity contribution < 1.29 is 24.2 Å². The molecule has 0 radical (unpaired) electrons. The van der Waals surface area contributed by atoms with Crippen LogP contribution in [0.5, 0.6) is 0 Å². The second kappa shape index (κ2) is 11.6. The van der Waals surface area contributed by atoms with E-state index >= 15 is 0 Å². The molecular formula is C27H34N2O5S. The van der Waals surface area contributed by atoms with Crippen LogP contribution in [0.2, 0.25) is 0 Å². The first-order valence-electron chi connectivity index (χ1n) is 11.8. The van der Waals surface area contributed by atoms with Crippen LogP contribution in [-0.2, 0) is 14.3 Å². The first kappa shape index (κ1) is 26.6. The van der Waals surface area contributed by atoms with Gasteiger partial charge in [0.1, 0.15) is 12.6 Å². The molecule has 8 heteroatoms. The lowest BCUT2D eigenvalue weighted by Crippen LogP contribution is -2.55. The van der Waals surface area contributed by atoms with Gasteiger partial charge in [0, 0.05) is 18.0 Å². The molecule has 0 spiro atoms. The molecular weight excluding hydrogens is 464 g/mol. The summed E-state index contributed by atoms with van der Waals surface area (Å²) in [6.45, 7) is 5.79. The third-order valence-electron chi connectivity index (χ3n) is 6.17. The van der Waals surface area contributed by atoms with Crippen LogP contribution in [0, 0.1) is 0 Å². The molecule has 35 heavy (non-hydrogen) atoms. The standard InChI is InChI=1S/C27H34N2O5S/c1-27(2,3)29(15-13-24(30)31)25(32)23(14-16-35-4)28-26(33)34-17-22-20-11-7-5-9-18(20)19-10-6-8-12-21(19)22/h5-12,22-23H,13-17H2,1-4H3,(H,28,33)(H,30,31). The van der Waals surface area contributed by atoms with Gasteiger partial charge in [0.05, 0.1) is 6.42 Å². The first-order chi connectivity index (χ1) is 16.6. The van der Waals surface area contributed by atoms with E-state index in [0.29, 0.717) is 12.2 Å². The molecule has 3 rings (SSSR count).